The SMILES string of the molecule is CCCCOc1cccc(C(=O)NC(=S)Nc2ccccc2)c1. The molecule has 0 bridgehead atoms. The van der Waals surface area contributed by atoms with Crippen LogP contribution in [-0.2, 0) is 0 Å². The van der Waals surface area contributed by atoms with Gasteiger partial charge in [-0.25, -0.2) is 0 Å². The number of rotatable bonds is 6. The number of amides is 1. The molecule has 0 radical (unpaired) electrons. The van der Waals surface area contributed by atoms with E-state index in [-0.39, 0.29) is 11.0 Å². The van der Waals surface area contributed by atoms with E-state index < -0.39 is 0 Å². The number of hydrogen-bond acceptors (Lipinski definition) is 3. The zero-order valence-electron chi connectivity index (χ0n) is 13.0. The fourth-order valence-electron chi connectivity index (χ4n) is 1.92. The van der Waals surface area contributed by atoms with Crippen molar-refractivity contribution in [2.24, 2.45) is 0 Å². The summed E-state index contributed by atoms with van der Waals surface area (Å²) in [5.41, 5.74) is 1.34. The predicted molar refractivity (Wildman–Crippen MR) is 97.0 cm³/mol. The number of thiocarbonyl (C=S) groups is 1. The minimum Gasteiger partial charge on any atom is -0.494 e. The van der Waals surface area contributed by atoms with E-state index in [1.807, 2.05) is 36.4 Å². The van der Waals surface area contributed by atoms with Crippen LogP contribution in [0.25, 0.3) is 0 Å². The highest BCUT2D eigenvalue weighted by Gasteiger charge is 2.09. The highest BCUT2D eigenvalue weighted by Crippen LogP contribution is 2.14. The summed E-state index contributed by atoms with van der Waals surface area (Å²) >= 11 is 5.16. The second kappa shape index (κ2) is 8.90. The van der Waals surface area contributed by atoms with Crippen LogP contribution in [0.3, 0.4) is 0 Å². The topological polar surface area (TPSA) is 50.4 Å². The second-order valence-corrected chi connectivity index (χ2v) is 5.41. The molecule has 120 valence electrons. The van der Waals surface area contributed by atoms with Crippen LogP contribution in [0.2, 0.25) is 0 Å². The Balaban J connectivity index is 1.92. The van der Waals surface area contributed by atoms with Crippen molar-refractivity contribution in [2.75, 3.05) is 11.9 Å². The largest absolute Gasteiger partial charge is 0.494 e. The molecule has 0 saturated carbocycles. The average Bonchev–Trinajstić information content (AvgIpc) is 2.56. The molecular weight excluding hydrogens is 308 g/mol. The normalized spacial score (nSPS) is 9.96. The lowest BCUT2D eigenvalue weighted by Crippen LogP contribution is -2.34. The van der Waals surface area contributed by atoms with Crippen molar-refractivity contribution < 1.29 is 9.53 Å². The maximum absolute atomic E-state index is 12.2. The third-order valence-corrected chi connectivity index (χ3v) is 3.33. The summed E-state index contributed by atoms with van der Waals surface area (Å²) in [7, 11) is 0. The molecule has 23 heavy (non-hydrogen) atoms. The zero-order valence-corrected chi connectivity index (χ0v) is 13.9. The van der Waals surface area contributed by atoms with Gasteiger partial charge in [0, 0.05) is 11.3 Å². The number of para-hydroxylation sites is 1. The molecule has 2 rings (SSSR count). The van der Waals surface area contributed by atoms with Crippen molar-refractivity contribution >= 4 is 28.9 Å². The lowest BCUT2D eigenvalue weighted by atomic mass is 10.2. The lowest BCUT2D eigenvalue weighted by molar-refractivity contribution is 0.0977. The summed E-state index contributed by atoms with van der Waals surface area (Å²) in [6, 6.07) is 16.5. The zero-order chi connectivity index (χ0) is 16.5. The van der Waals surface area contributed by atoms with Crippen LogP contribution >= 0.6 is 12.2 Å². The van der Waals surface area contributed by atoms with Crippen molar-refractivity contribution in [3.05, 3.63) is 60.2 Å². The molecule has 0 fully saturated rings. The minimum absolute atomic E-state index is 0.263. The van der Waals surface area contributed by atoms with Gasteiger partial charge in [-0.3, -0.25) is 10.1 Å². The number of ether oxygens (including phenoxy) is 1. The quantitative estimate of drug-likeness (QED) is 0.622. The van der Waals surface area contributed by atoms with Gasteiger partial charge in [-0.1, -0.05) is 37.6 Å². The summed E-state index contributed by atoms with van der Waals surface area (Å²) < 4.78 is 5.61. The first kappa shape index (κ1) is 17.0. The van der Waals surface area contributed by atoms with Gasteiger partial charge in [-0.05, 0) is 49.0 Å². The van der Waals surface area contributed by atoms with Crippen molar-refractivity contribution in [1.82, 2.24) is 5.32 Å². The summed E-state index contributed by atoms with van der Waals surface area (Å²) in [6.07, 6.45) is 2.06. The molecule has 5 heteroatoms. The molecule has 2 aromatic rings. The highest BCUT2D eigenvalue weighted by atomic mass is 32.1. The van der Waals surface area contributed by atoms with Crippen molar-refractivity contribution in [3.8, 4) is 5.75 Å². The van der Waals surface area contributed by atoms with Crippen LogP contribution in [0.5, 0.6) is 5.75 Å². The third kappa shape index (κ3) is 5.71. The molecule has 0 aliphatic rings. The number of nitrogens with one attached hydrogen (secondary N) is 2. The minimum atomic E-state index is -0.264. The lowest BCUT2D eigenvalue weighted by Gasteiger charge is -2.10. The van der Waals surface area contributed by atoms with Gasteiger partial charge in [0.2, 0.25) is 0 Å². The van der Waals surface area contributed by atoms with E-state index in [0.717, 1.165) is 18.5 Å². The smallest absolute Gasteiger partial charge is 0.257 e. The second-order valence-electron chi connectivity index (χ2n) is 5.00. The van der Waals surface area contributed by atoms with E-state index in [9.17, 15) is 4.79 Å². The van der Waals surface area contributed by atoms with E-state index in [1.165, 1.54) is 0 Å². The van der Waals surface area contributed by atoms with Crippen molar-refractivity contribution in [2.45, 2.75) is 19.8 Å². The first-order valence-corrected chi connectivity index (χ1v) is 8.00. The molecule has 0 unspecified atom stereocenters. The summed E-state index contributed by atoms with van der Waals surface area (Å²) in [5.74, 6) is 0.424. The standard InChI is InChI=1S/C18H20N2O2S/c1-2-3-12-22-16-11-7-8-14(13-16)17(21)20-18(23)19-15-9-5-4-6-10-15/h4-11,13H,2-3,12H2,1H3,(H2,19,20,21,23). The Morgan fingerprint density at radius 3 is 2.65 bits per heavy atom. The van der Waals surface area contributed by atoms with Crippen LogP contribution in [0.4, 0.5) is 5.69 Å². The number of carbonyl (C=O) groups is 1. The molecule has 0 aliphatic heterocycles. The van der Waals surface area contributed by atoms with Gasteiger partial charge in [0.1, 0.15) is 5.75 Å². The van der Waals surface area contributed by atoms with Gasteiger partial charge in [0.05, 0.1) is 6.61 Å². The summed E-state index contributed by atoms with van der Waals surface area (Å²) in [5, 5.41) is 5.89. The summed E-state index contributed by atoms with van der Waals surface area (Å²) in [6.45, 7) is 2.75. The van der Waals surface area contributed by atoms with Gasteiger partial charge >= 0.3 is 0 Å². The Bertz CT molecular complexity index is 659. The Morgan fingerprint density at radius 2 is 1.91 bits per heavy atom. The maximum Gasteiger partial charge on any atom is 0.257 e. The molecule has 0 aliphatic carbocycles. The monoisotopic (exact) mass is 328 g/mol. The van der Waals surface area contributed by atoms with Crippen LogP contribution in [0, 0.1) is 0 Å². The van der Waals surface area contributed by atoms with Crippen molar-refractivity contribution in [3.63, 3.8) is 0 Å². The van der Waals surface area contributed by atoms with E-state index >= 15 is 0 Å². The van der Waals surface area contributed by atoms with E-state index in [2.05, 4.69) is 17.6 Å². The third-order valence-electron chi connectivity index (χ3n) is 3.12. The molecule has 4 nitrogen and oxygen atoms in total. The molecule has 2 aromatic carbocycles. The van der Waals surface area contributed by atoms with Crippen molar-refractivity contribution in [1.29, 1.82) is 0 Å². The Kier molecular flexibility index (Phi) is 6.56. The van der Waals surface area contributed by atoms with Gasteiger partial charge in [-0.2, -0.15) is 0 Å². The van der Waals surface area contributed by atoms with Gasteiger partial charge in [-0.15, -0.1) is 0 Å². The summed E-state index contributed by atoms with van der Waals surface area (Å²) in [4.78, 5) is 12.2. The number of benzene rings is 2. The predicted octanol–water partition coefficient (Wildman–Crippen LogP) is 3.99. The van der Waals surface area contributed by atoms with Gasteiger partial charge in [0.25, 0.3) is 5.91 Å². The Hall–Kier alpha value is -2.40. The molecular formula is C18H20N2O2S. The Morgan fingerprint density at radius 1 is 1.13 bits per heavy atom. The first-order chi connectivity index (χ1) is 11.2. The average molecular weight is 328 g/mol. The molecule has 0 saturated heterocycles. The fraction of sp³-hybridized carbons (Fsp3) is 0.222. The molecule has 0 heterocycles. The van der Waals surface area contributed by atoms with Gasteiger partial charge < -0.3 is 10.1 Å². The maximum atomic E-state index is 12.2. The Labute approximate surface area is 141 Å². The van der Waals surface area contributed by atoms with Crippen LogP contribution in [0.15, 0.2) is 54.6 Å². The number of hydrogen-bond donors (Lipinski definition) is 2. The van der Waals surface area contributed by atoms with Crippen LogP contribution in [0.1, 0.15) is 30.1 Å². The van der Waals surface area contributed by atoms with E-state index in [0.29, 0.717) is 17.9 Å². The van der Waals surface area contributed by atoms with Crippen LogP contribution in [-0.4, -0.2) is 17.6 Å². The first-order valence-electron chi connectivity index (χ1n) is 7.59. The molecule has 0 spiro atoms. The fourth-order valence-corrected chi connectivity index (χ4v) is 2.13. The molecule has 0 atom stereocenters. The van der Waals surface area contributed by atoms with E-state index in [4.69, 9.17) is 17.0 Å². The molecule has 0 aromatic heterocycles. The highest BCUT2D eigenvalue weighted by molar-refractivity contribution is 7.80. The van der Waals surface area contributed by atoms with E-state index in [1.54, 1.807) is 18.2 Å². The number of unbranched alkanes of at least 4 members (excludes halogenated alkanes) is 1. The molecule has 2 N–H and O–H groups in total. The molecule has 1 amide bonds. The number of carbonyl (C=O) groups excluding carboxylic acids is 1. The van der Waals surface area contributed by atoms with Crippen LogP contribution < -0.4 is 15.4 Å². The number of anilines is 1. The van der Waals surface area contributed by atoms with Gasteiger partial charge in [0.15, 0.2) is 5.11 Å².